The van der Waals surface area contributed by atoms with Gasteiger partial charge in [0.05, 0.1) is 16.6 Å². The van der Waals surface area contributed by atoms with Crippen LogP contribution in [0.1, 0.15) is 24.2 Å². The Kier molecular flexibility index (Phi) is 3.75. The predicted molar refractivity (Wildman–Crippen MR) is 63.6 cm³/mol. The van der Waals surface area contributed by atoms with Gasteiger partial charge in [-0.15, -0.1) is 6.42 Å². The number of nitro benzene ring substituents is 1. The molecule has 1 N–H and O–H groups in total. The standard InChI is InChI=1S/C12H10FNO5/c1-4-12(2,3)19-10-5-7(11(15)16)8(13)6-9(10)14(17)18/h1,5-6H,2-3H3,(H,15,16). The van der Waals surface area contributed by atoms with Crippen LogP contribution in [0.4, 0.5) is 10.1 Å². The molecule has 0 aliphatic carbocycles. The molecule has 0 saturated heterocycles. The molecule has 100 valence electrons. The summed E-state index contributed by atoms with van der Waals surface area (Å²) in [6.45, 7) is 2.92. The molecule has 1 aromatic carbocycles. The number of terminal acetylenes is 1. The maximum Gasteiger partial charge on any atom is 0.338 e. The van der Waals surface area contributed by atoms with Crippen molar-refractivity contribution in [3.63, 3.8) is 0 Å². The summed E-state index contributed by atoms with van der Waals surface area (Å²) < 4.78 is 18.6. The van der Waals surface area contributed by atoms with E-state index in [1.807, 2.05) is 0 Å². The lowest BCUT2D eigenvalue weighted by molar-refractivity contribution is -0.386. The first kappa shape index (κ1) is 14.4. The Hall–Kier alpha value is -2.62. The highest BCUT2D eigenvalue weighted by Gasteiger charge is 2.27. The minimum Gasteiger partial charge on any atom is -0.478 e. The molecule has 0 atom stereocenters. The molecule has 0 fully saturated rings. The second-order valence-electron chi connectivity index (χ2n) is 4.12. The van der Waals surface area contributed by atoms with E-state index in [4.69, 9.17) is 16.3 Å². The molecule has 0 aliphatic rings. The lowest BCUT2D eigenvalue weighted by Gasteiger charge is -2.20. The van der Waals surface area contributed by atoms with Crippen LogP contribution >= 0.6 is 0 Å². The number of carboxylic acids is 1. The summed E-state index contributed by atoms with van der Waals surface area (Å²) in [6, 6.07) is 1.24. The highest BCUT2D eigenvalue weighted by atomic mass is 19.1. The van der Waals surface area contributed by atoms with Gasteiger partial charge in [0.15, 0.2) is 11.4 Å². The van der Waals surface area contributed by atoms with Crippen molar-refractivity contribution in [2.75, 3.05) is 0 Å². The van der Waals surface area contributed by atoms with Crippen LogP contribution in [0.5, 0.6) is 5.75 Å². The van der Waals surface area contributed by atoms with Crippen LogP contribution in [0.25, 0.3) is 0 Å². The van der Waals surface area contributed by atoms with Gasteiger partial charge in [-0.25, -0.2) is 9.18 Å². The average Bonchev–Trinajstić information content (AvgIpc) is 2.30. The second-order valence-corrected chi connectivity index (χ2v) is 4.12. The normalized spacial score (nSPS) is 10.6. The summed E-state index contributed by atoms with van der Waals surface area (Å²) in [5, 5.41) is 19.6. The van der Waals surface area contributed by atoms with E-state index in [0.717, 1.165) is 6.07 Å². The molecule has 0 radical (unpaired) electrons. The van der Waals surface area contributed by atoms with Gasteiger partial charge >= 0.3 is 11.7 Å². The number of benzene rings is 1. The maximum absolute atomic E-state index is 13.4. The minimum absolute atomic E-state index is 0.397. The number of hydrogen-bond donors (Lipinski definition) is 1. The van der Waals surface area contributed by atoms with Crippen molar-refractivity contribution in [3.8, 4) is 18.1 Å². The lowest BCUT2D eigenvalue weighted by atomic mass is 10.1. The third-order valence-corrected chi connectivity index (χ3v) is 2.19. The summed E-state index contributed by atoms with van der Waals surface area (Å²) in [5.74, 6) is -0.940. The number of halogens is 1. The summed E-state index contributed by atoms with van der Waals surface area (Å²) in [7, 11) is 0. The van der Waals surface area contributed by atoms with Gasteiger partial charge in [0.2, 0.25) is 0 Å². The smallest absolute Gasteiger partial charge is 0.338 e. The average molecular weight is 267 g/mol. The van der Waals surface area contributed by atoms with Gasteiger partial charge in [0.25, 0.3) is 0 Å². The molecule has 0 aliphatic heterocycles. The number of rotatable bonds is 4. The number of aromatic carboxylic acids is 1. The van der Waals surface area contributed by atoms with Gasteiger partial charge < -0.3 is 9.84 Å². The summed E-state index contributed by atoms with van der Waals surface area (Å²) in [4.78, 5) is 20.7. The van der Waals surface area contributed by atoms with E-state index in [2.05, 4.69) is 5.92 Å². The van der Waals surface area contributed by atoms with Crippen molar-refractivity contribution in [1.82, 2.24) is 0 Å². The van der Waals surface area contributed by atoms with Crippen molar-refractivity contribution in [2.45, 2.75) is 19.4 Å². The Morgan fingerprint density at radius 2 is 2.16 bits per heavy atom. The third kappa shape index (κ3) is 3.19. The number of nitrogens with zero attached hydrogens (tertiary/aromatic N) is 1. The van der Waals surface area contributed by atoms with Gasteiger partial charge in [0, 0.05) is 6.07 Å². The molecule has 0 aromatic heterocycles. The maximum atomic E-state index is 13.4. The van der Waals surface area contributed by atoms with Crippen molar-refractivity contribution in [2.24, 2.45) is 0 Å². The molecule has 0 spiro atoms. The molecular weight excluding hydrogens is 257 g/mol. The van der Waals surface area contributed by atoms with Gasteiger partial charge in [-0.1, -0.05) is 5.92 Å². The first-order chi connectivity index (χ1) is 8.68. The van der Waals surface area contributed by atoms with E-state index >= 15 is 0 Å². The zero-order valence-electron chi connectivity index (χ0n) is 10.1. The Balaban J connectivity index is 3.43. The molecule has 6 nitrogen and oxygen atoms in total. The van der Waals surface area contributed by atoms with Crippen LogP contribution < -0.4 is 4.74 Å². The Labute approximate surface area is 108 Å². The van der Waals surface area contributed by atoms with Crippen LogP contribution in [0, 0.1) is 28.3 Å². The van der Waals surface area contributed by atoms with Gasteiger partial charge in [0.1, 0.15) is 5.82 Å². The Bertz CT molecular complexity index is 589. The fourth-order valence-electron chi connectivity index (χ4n) is 1.24. The molecule has 0 bridgehead atoms. The van der Waals surface area contributed by atoms with Crippen molar-refractivity contribution < 1.29 is 24.0 Å². The Morgan fingerprint density at radius 3 is 2.58 bits per heavy atom. The van der Waals surface area contributed by atoms with Gasteiger partial charge in [-0.05, 0) is 13.8 Å². The van der Waals surface area contributed by atoms with E-state index in [0.29, 0.717) is 6.07 Å². The molecule has 0 amide bonds. The quantitative estimate of drug-likeness (QED) is 0.513. The first-order valence-corrected chi connectivity index (χ1v) is 5.06. The predicted octanol–water partition coefficient (Wildman–Crippen LogP) is 2.22. The summed E-state index contributed by atoms with van der Waals surface area (Å²) in [5.41, 5.74) is -2.61. The van der Waals surface area contributed by atoms with Gasteiger partial charge in [-0.3, -0.25) is 10.1 Å². The zero-order chi connectivity index (χ0) is 14.8. The lowest BCUT2D eigenvalue weighted by Crippen LogP contribution is -2.26. The van der Waals surface area contributed by atoms with Crippen LogP contribution in [-0.4, -0.2) is 21.6 Å². The number of hydrogen-bond acceptors (Lipinski definition) is 4. The fraction of sp³-hybridized carbons (Fsp3) is 0.250. The fourth-order valence-corrected chi connectivity index (χ4v) is 1.24. The molecule has 0 saturated carbocycles. The van der Waals surface area contributed by atoms with E-state index in [1.54, 1.807) is 0 Å². The number of carboxylic acid groups (broad SMARTS) is 1. The number of carbonyl (C=O) groups is 1. The first-order valence-electron chi connectivity index (χ1n) is 5.06. The molecule has 19 heavy (non-hydrogen) atoms. The van der Waals surface area contributed by atoms with E-state index < -0.39 is 39.3 Å². The van der Waals surface area contributed by atoms with Crippen LogP contribution in [0.2, 0.25) is 0 Å². The Morgan fingerprint density at radius 1 is 1.58 bits per heavy atom. The molecule has 0 heterocycles. The second kappa shape index (κ2) is 4.94. The molecule has 1 aromatic rings. The monoisotopic (exact) mass is 267 g/mol. The van der Waals surface area contributed by atoms with Gasteiger partial charge in [-0.2, -0.15) is 0 Å². The molecule has 1 rings (SSSR count). The summed E-state index contributed by atoms with van der Waals surface area (Å²) in [6.07, 6.45) is 5.17. The molecule has 7 heteroatoms. The molecule has 0 unspecified atom stereocenters. The van der Waals surface area contributed by atoms with Crippen LogP contribution in [0.15, 0.2) is 12.1 Å². The zero-order valence-corrected chi connectivity index (χ0v) is 10.1. The van der Waals surface area contributed by atoms with Crippen molar-refractivity contribution in [1.29, 1.82) is 0 Å². The molecular formula is C12H10FNO5. The highest BCUT2D eigenvalue weighted by Crippen LogP contribution is 2.32. The van der Waals surface area contributed by atoms with Crippen LogP contribution in [0.3, 0.4) is 0 Å². The topological polar surface area (TPSA) is 89.7 Å². The number of nitro groups is 1. The van der Waals surface area contributed by atoms with Crippen molar-refractivity contribution in [3.05, 3.63) is 33.6 Å². The van der Waals surface area contributed by atoms with E-state index in [9.17, 15) is 19.3 Å². The minimum atomic E-state index is -1.56. The largest absolute Gasteiger partial charge is 0.478 e. The highest BCUT2D eigenvalue weighted by molar-refractivity contribution is 5.89. The third-order valence-electron chi connectivity index (χ3n) is 2.19. The van der Waals surface area contributed by atoms with E-state index in [-0.39, 0.29) is 0 Å². The number of ether oxygens (including phenoxy) is 1. The van der Waals surface area contributed by atoms with E-state index in [1.165, 1.54) is 13.8 Å². The van der Waals surface area contributed by atoms with Crippen molar-refractivity contribution >= 4 is 11.7 Å². The SMILES string of the molecule is C#CC(C)(C)Oc1cc(C(=O)O)c(F)cc1[N+](=O)[O-]. The van der Waals surface area contributed by atoms with Crippen LogP contribution in [-0.2, 0) is 0 Å². The summed E-state index contributed by atoms with van der Waals surface area (Å²) >= 11 is 0.